The van der Waals surface area contributed by atoms with Gasteiger partial charge in [0.2, 0.25) is 0 Å². The van der Waals surface area contributed by atoms with E-state index in [1.54, 1.807) is 0 Å². The van der Waals surface area contributed by atoms with Gasteiger partial charge in [-0.1, -0.05) is 41.4 Å². The van der Waals surface area contributed by atoms with Crippen LogP contribution in [-0.4, -0.2) is 20.1 Å². The van der Waals surface area contributed by atoms with Gasteiger partial charge in [0.05, 0.1) is 0 Å². The van der Waals surface area contributed by atoms with E-state index in [0.717, 1.165) is 42.4 Å². The monoisotopic (exact) mass is 404 g/mol. The number of benzene rings is 2. The van der Waals surface area contributed by atoms with Crippen molar-refractivity contribution in [1.29, 1.82) is 0 Å². The maximum Gasteiger partial charge on any atom is 0.124 e. The van der Waals surface area contributed by atoms with Crippen LogP contribution in [0, 0.1) is 6.92 Å². The molecule has 0 amide bonds. The van der Waals surface area contributed by atoms with Crippen molar-refractivity contribution >= 4 is 36.4 Å². The number of hydrogen-bond donors (Lipinski definition) is 2. The summed E-state index contributed by atoms with van der Waals surface area (Å²) < 4.78 is 5.99. The van der Waals surface area contributed by atoms with E-state index in [1.165, 1.54) is 11.1 Å². The summed E-state index contributed by atoms with van der Waals surface area (Å²) in [4.78, 5) is 0. The molecule has 0 saturated carbocycles. The normalized spacial score (nSPS) is 9.88. The first-order chi connectivity index (χ1) is 11.2. The molecule has 25 heavy (non-hydrogen) atoms. The molecule has 140 valence electrons. The summed E-state index contributed by atoms with van der Waals surface area (Å²) in [7, 11) is 1.97. The van der Waals surface area contributed by atoms with Crippen LogP contribution < -0.4 is 15.4 Å². The van der Waals surface area contributed by atoms with Gasteiger partial charge >= 0.3 is 0 Å². The number of rotatable bonds is 9. The van der Waals surface area contributed by atoms with Crippen LogP contribution >= 0.6 is 36.4 Å². The van der Waals surface area contributed by atoms with Gasteiger partial charge in [-0.2, -0.15) is 0 Å². The summed E-state index contributed by atoms with van der Waals surface area (Å²) in [5.74, 6) is 0.885. The number of halogens is 3. The molecule has 2 aromatic rings. The van der Waals surface area contributed by atoms with Crippen molar-refractivity contribution in [2.45, 2.75) is 26.5 Å². The van der Waals surface area contributed by atoms with Gasteiger partial charge in [-0.15, -0.1) is 24.8 Å². The smallest absolute Gasteiger partial charge is 0.124 e. The standard InChI is InChI=1S/C19H25ClN2O.2ClH/c1-15-4-6-16(7-5-15)14-23-19-9-8-18(20)12-17(19)13-22-11-3-10-21-2;;/h4-9,12,21-22H,3,10-11,13-14H2,1-2H3;2*1H. The van der Waals surface area contributed by atoms with Crippen LogP contribution in [0.2, 0.25) is 5.02 Å². The molecule has 0 fully saturated rings. The summed E-state index contributed by atoms with van der Waals surface area (Å²) >= 11 is 6.12. The predicted octanol–water partition coefficient (Wildman–Crippen LogP) is 4.77. The molecule has 6 heteroatoms. The highest BCUT2D eigenvalue weighted by Crippen LogP contribution is 2.24. The lowest BCUT2D eigenvalue weighted by molar-refractivity contribution is 0.302. The minimum atomic E-state index is 0. The minimum absolute atomic E-state index is 0. The molecule has 0 unspecified atom stereocenters. The fourth-order valence-electron chi connectivity index (χ4n) is 2.29. The fraction of sp³-hybridized carbons (Fsp3) is 0.368. The first-order valence-electron chi connectivity index (χ1n) is 8.01. The van der Waals surface area contributed by atoms with Crippen LogP contribution in [0.3, 0.4) is 0 Å². The molecule has 0 radical (unpaired) electrons. The van der Waals surface area contributed by atoms with E-state index in [4.69, 9.17) is 16.3 Å². The Kier molecular flexibility index (Phi) is 12.7. The van der Waals surface area contributed by atoms with Crippen LogP contribution in [0.4, 0.5) is 0 Å². The molecule has 2 rings (SSSR count). The Bertz CT molecular complexity index is 606. The second-order valence-electron chi connectivity index (χ2n) is 5.66. The molecular weight excluding hydrogens is 379 g/mol. The predicted molar refractivity (Wildman–Crippen MR) is 112 cm³/mol. The van der Waals surface area contributed by atoms with Gasteiger partial charge in [-0.25, -0.2) is 0 Å². The zero-order valence-electron chi connectivity index (χ0n) is 14.7. The Morgan fingerprint density at radius 3 is 2.40 bits per heavy atom. The molecule has 0 atom stereocenters. The van der Waals surface area contributed by atoms with Crippen LogP contribution in [0.1, 0.15) is 23.1 Å². The second-order valence-corrected chi connectivity index (χ2v) is 6.10. The Morgan fingerprint density at radius 1 is 1.00 bits per heavy atom. The molecule has 0 aliphatic rings. The van der Waals surface area contributed by atoms with E-state index < -0.39 is 0 Å². The number of nitrogens with one attached hydrogen (secondary N) is 2. The van der Waals surface area contributed by atoms with Crippen LogP contribution in [0.5, 0.6) is 5.75 Å². The van der Waals surface area contributed by atoms with Crippen molar-refractivity contribution in [3.63, 3.8) is 0 Å². The third-order valence-electron chi connectivity index (χ3n) is 3.63. The summed E-state index contributed by atoms with van der Waals surface area (Å²) in [6, 6.07) is 14.2. The molecule has 2 N–H and O–H groups in total. The van der Waals surface area contributed by atoms with E-state index in [2.05, 4.69) is 41.8 Å². The quantitative estimate of drug-likeness (QED) is 0.590. The SMILES string of the molecule is CNCCCNCc1cc(Cl)ccc1OCc1ccc(C)cc1.Cl.Cl. The second kappa shape index (κ2) is 13.3. The van der Waals surface area contributed by atoms with Gasteiger partial charge in [0.1, 0.15) is 12.4 Å². The third kappa shape index (κ3) is 8.80. The lowest BCUT2D eigenvalue weighted by Gasteiger charge is -2.13. The van der Waals surface area contributed by atoms with E-state index in [-0.39, 0.29) is 24.8 Å². The van der Waals surface area contributed by atoms with Gasteiger partial charge in [0, 0.05) is 17.1 Å². The molecule has 0 heterocycles. The molecule has 0 spiro atoms. The summed E-state index contributed by atoms with van der Waals surface area (Å²) in [5.41, 5.74) is 3.51. The lowest BCUT2D eigenvalue weighted by Crippen LogP contribution is -2.19. The Hall–Kier alpha value is -0.970. The van der Waals surface area contributed by atoms with E-state index in [0.29, 0.717) is 6.61 Å². The summed E-state index contributed by atoms with van der Waals surface area (Å²) in [6.07, 6.45) is 1.09. The molecule has 0 saturated heterocycles. The molecular formula is C19H27Cl3N2O. The largest absolute Gasteiger partial charge is 0.489 e. The summed E-state index contributed by atoms with van der Waals surface area (Å²) in [5, 5.41) is 7.31. The maximum atomic E-state index is 6.12. The van der Waals surface area contributed by atoms with Crippen molar-refractivity contribution in [1.82, 2.24) is 10.6 Å². The average Bonchev–Trinajstić information content (AvgIpc) is 2.55. The van der Waals surface area contributed by atoms with Gasteiger partial charge in [0.25, 0.3) is 0 Å². The maximum absolute atomic E-state index is 6.12. The minimum Gasteiger partial charge on any atom is -0.489 e. The van der Waals surface area contributed by atoms with Crippen LogP contribution in [-0.2, 0) is 13.2 Å². The molecule has 0 aromatic heterocycles. The first-order valence-corrected chi connectivity index (χ1v) is 8.39. The van der Waals surface area contributed by atoms with Crippen LogP contribution in [0.25, 0.3) is 0 Å². The number of aryl methyl sites for hydroxylation is 1. The average molecular weight is 406 g/mol. The van der Waals surface area contributed by atoms with Crippen molar-refractivity contribution in [2.24, 2.45) is 0 Å². The van der Waals surface area contributed by atoms with Gasteiger partial charge in [0.15, 0.2) is 0 Å². The highest BCUT2D eigenvalue weighted by atomic mass is 35.5. The molecule has 0 bridgehead atoms. The fourth-order valence-corrected chi connectivity index (χ4v) is 2.48. The van der Waals surface area contributed by atoms with Crippen molar-refractivity contribution in [3.05, 3.63) is 64.2 Å². The summed E-state index contributed by atoms with van der Waals surface area (Å²) in [6.45, 7) is 5.38. The Morgan fingerprint density at radius 2 is 1.72 bits per heavy atom. The van der Waals surface area contributed by atoms with Gasteiger partial charge < -0.3 is 15.4 Å². The molecule has 3 nitrogen and oxygen atoms in total. The lowest BCUT2D eigenvalue weighted by atomic mass is 10.1. The van der Waals surface area contributed by atoms with Crippen molar-refractivity contribution < 1.29 is 4.74 Å². The van der Waals surface area contributed by atoms with Gasteiger partial charge in [-0.3, -0.25) is 0 Å². The van der Waals surface area contributed by atoms with Crippen molar-refractivity contribution in [3.8, 4) is 5.75 Å². The molecule has 0 aliphatic carbocycles. The highest BCUT2D eigenvalue weighted by molar-refractivity contribution is 6.30. The van der Waals surface area contributed by atoms with E-state index >= 15 is 0 Å². The van der Waals surface area contributed by atoms with Crippen molar-refractivity contribution in [2.75, 3.05) is 20.1 Å². The Balaban J connectivity index is 0.00000288. The third-order valence-corrected chi connectivity index (χ3v) is 3.87. The number of hydrogen-bond acceptors (Lipinski definition) is 3. The topological polar surface area (TPSA) is 33.3 Å². The van der Waals surface area contributed by atoms with E-state index in [1.807, 2.05) is 25.2 Å². The van der Waals surface area contributed by atoms with Gasteiger partial charge in [-0.05, 0) is 57.2 Å². The Labute approximate surface area is 168 Å². The number of ether oxygens (including phenoxy) is 1. The van der Waals surface area contributed by atoms with E-state index in [9.17, 15) is 0 Å². The van der Waals surface area contributed by atoms with Crippen LogP contribution in [0.15, 0.2) is 42.5 Å². The first kappa shape index (κ1) is 24.0. The highest BCUT2D eigenvalue weighted by Gasteiger charge is 2.05. The zero-order chi connectivity index (χ0) is 16.5. The zero-order valence-corrected chi connectivity index (χ0v) is 17.1. The molecule has 0 aliphatic heterocycles. The molecule has 2 aromatic carbocycles.